The van der Waals surface area contributed by atoms with Gasteiger partial charge in [0.2, 0.25) is 0 Å². The van der Waals surface area contributed by atoms with E-state index >= 15 is 0 Å². The maximum atomic E-state index is 11.6. The van der Waals surface area contributed by atoms with Crippen LogP contribution in [-0.2, 0) is 11.2 Å². The number of carbonyl (C=O) groups is 1. The number of benzene rings is 1. The molecule has 0 amide bonds. The van der Waals surface area contributed by atoms with E-state index in [-0.39, 0.29) is 12.4 Å². The van der Waals surface area contributed by atoms with Crippen molar-refractivity contribution in [1.82, 2.24) is 4.90 Å². The van der Waals surface area contributed by atoms with Crippen LogP contribution in [0.1, 0.15) is 18.4 Å². The third kappa shape index (κ3) is 3.24. The Labute approximate surface area is 114 Å². The highest BCUT2D eigenvalue weighted by atomic mass is 35.5. The highest BCUT2D eigenvalue weighted by molar-refractivity contribution is 5.85. The van der Waals surface area contributed by atoms with Crippen LogP contribution in [0, 0.1) is 5.41 Å². The van der Waals surface area contributed by atoms with Gasteiger partial charge < -0.3 is 10.0 Å². The molecular weight excluding hydrogens is 250 g/mol. The van der Waals surface area contributed by atoms with E-state index in [4.69, 9.17) is 0 Å². The molecule has 100 valence electrons. The van der Waals surface area contributed by atoms with Crippen LogP contribution in [0.3, 0.4) is 0 Å². The van der Waals surface area contributed by atoms with Crippen molar-refractivity contribution < 1.29 is 9.90 Å². The van der Waals surface area contributed by atoms with E-state index in [9.17, 15) is 9.90 Å². The van der Waals surface area contributed by atoms with Crippen LogP contribution in [0.5, 0.6) is 0 Å². The van der Waals surface area contributed by atoms with E-state index in [0.717, 1.165) is 31.5 Å². The Bertz CT molecular complexity index is 386. The molecule has 1 aliphatic heterocycles. The highest BCUT2D eigenvalue weighted by Crippen LogP contribution is 2.35. The lowest BCUT2D eigenvalue weighted by Crippen LogP contribution is -2.44. The van der Waals surface area contributed by atoms with Crippen LogP contribution < -0.4 is 0 Å². The summed E-state index contributed by atoms with van der Waals surface area (Å²) in [6.45, 7) is 1.75. The Morgan fingerprint density at radius 1 is 1.28 bits per heavy atom. The molecule has 1 aromatic carbocycles. The molecule has 2 rings (SSSR count). The summed E-state index contributed by atoms with van der Waals surface area (Å²) in [4.78, 5) is 13.8. The summed E-state index contributed by atoms with van der Waals surface area (Å²) in [6.07, 6.45) is 2.14. The Kier molecular flexibility index (Phi) is 5.17. The van der Waals surface area contributed by atoms with Crippen molar-refractivity contribution in [3.63, 3.8) is 0 Å². The lowest BCUT2D eigenvalue weighted by Gasteiger charge is -2.37. The lowest BCUT2D eigenvalue weighted by molar-refractivity contribution is -0.151. The second-order valence-corrected chi connectivity index (χ2v) is 5.05. The molecule has 1 saturated heterocycles. The maximum absolute atomic E-state index is 11.6. The summed E-state index contributed by atoms with van der Waals surface area (Å²) in [5, 5.41) is 9.52. The molecule has 1 fully saturated rings. The summed E-state index contributed by atoms with van der Waals surface area (Å²) in [6, 6.07) is 9.94. The summed E-state index contributed by atoms with van der Waals surface area (Å²) < 4.78 is 0. The van der Waals surface area contributed by atoms with Crippen LogP contribution in [0.15, 0.2) is 30.3 Å². The van der Waals surface area contributed by atoms with Crippen LogP contribution in [0.4, 0.5) is 0 Å². The zero-order chi connectivity index (χ0) is 12.3. The average Bonchev–Trinajstić information content (AvgIpc) is 2.33. The molecule has 4 heteroatoms. The first-order valence-electron chi connectivity index (χ1n) is 6.08. The van der Waals surface area contributed by atoms with Crippen molar-refractivity contribution in [1.29, 1.82) is 0 Å². The molecular formula is C14H20ClNO2. The van der Waals surface area contributed by atoms with Gasteiger partial charge in [-0.3, -0.25) is 4.79 Å². The number of likely N-dealkylation sites (tertiary alicyclic amines) is 1. The molecule has 0 radical (unpaired) electrons. The van der Waals surface area contributed by atoms with E-state index < -0.39 is 11.4 Å². The first kappa shape index (κ1) is 15.0. The molecule has 0 aromatic heterocycles. The highest BCUT2D eigenvalue weighted by Gasteiger charge is 2.40. The number of carboxylic acid groups (broad SMARTS) is 1. The molecule has 1 aromatic rings. The molecule has 0 atom stereocenters. The van der Waals surface area contributed by atoms with Gasteiger partial charge in [-0.1, -0.05) is 30.3 Å². The van der Waals surface area contributed by atoms with Crippen molar-refractivity contribution in [3.05, 3.63) is 35.9 Å². The number of rotatable bonds is 3. The molecule has 0 saturated carbocycles. The molecule has 1 N–H and O–H groups in total. The predicted molar refractivity (Wildman–Crippen MR) is 74.2 cm³/mol. The first-order valence-corrected chi connectivity index (χ1v) is 6.08. The van der Waals surface area contributed by atoms with Gasteiger partial charge in [-0.2, -0.15) is 0 Å². The summed E-state index contributed by atoms with van der Waals surface area (Å²) in [7, 11) is 2.05. The first-order chi connectivity index (χ1) is 8.12. The van der Waals surface area contributed by atoms with E-state index in [1.807, 2.05) is 37.4 Å². The van der Waals surface area contributed by atoms with Gasteiger partial charge in [-0.25, -0.2) is 0 Å². The second kappa shape index (κ2) is 6.21. The number of halogens is 1. The maximum Gasteiger partial charge on any atom is 0.310 e. The number of carboxylic acids is 1. The molecule has 1 aliphatic rings. The van der Waals surface area contributed by atoms with E-state index in [1.165, 1.54) is 0 Å². The van der Waals surface area contributed by atoms with Crippen molar-refractivity contribution >= 4 is 18.4 Å². The van der Waals surface area contributed by atoms with Crippen LogP contribution >= 0.6 is 12.4 Å². The number of hydrogen-bond acceptors (Lipinski definition) is 2. The SMILES string of the molecule is CN1CCC(Cc2ccccc2)(C(=O)O)CC1.Cl. The van der Waals surface area contributed by atoms with Gasteiger partial charge in [0.15, 0.2) is 0 Å². The molecule has 0 spiro atoms. The molecule has 0 aliphatic carbocycles. The standard InChI is InChI=1S/C14H19NO2.ClH/c1-15-9-7-14(8-10-15,13(16)17)11-12-5-3-2-4-6-12;/h2-6H,7-11H2,1H3,(H,16,17);1H. The van der Waals surface area contributed by atoms with Crippen molar-refractivity contribution in [2.75, 3.05) is 20.1 Å². The Balaban J connectivity index is 0.00000162. The van der Waals surface area contributed by atoms with Crippen LogP contribution in [-0.4, -0.2) is 36.1 Å². The fourth-order valence-electron chi connectivity index (χ4n) is 2.50. The van der Waals surface area contributed by atoms with E-state index in [2.05, 4.69) is 4.90 Å². The van der Waals surface area contributed by atoms with Gasteiger partial charge in [0.1, 0.15) is 0 Å². The quantitative estimate of drug-likeness (QED) is 0.916. The molecule has 0 unspecified atom stereocenters. The second-order valence-electron chi connectivity index (χ2n) is 5.05. The summed E-state index contributed by atoms with van der Waals surface area (Å²) in [5.41, 5.74) is 0.563. The zero-order valence-corrected chi connectivity index (χ0v) is 11.4. The summed E-state index contributed by atoms with van der Waals surface area (Å²) in [5.74, 6) is -0.644. The molecule has 1 heterocycles. The predicted octanol–water partition coefficient (Wildman–Crippen LogP) is 2.45. The zero-order valence-electron chi connectivity index (χ0n) is 10.6. The Hall–Kier alpha value is -1.06. The van der Waals surface area contributed by atoms with Gasteiger partial charge >= 0.3 is 5.97 Å². The fraction of sp³-hybridized carbons (Fsp3) is 0.500. The average molecular weight is 270 g/mol. The van der Waals surface area contributed by atoms with Crippen molar-refractivity contribution in [2.24, 2.45) is 5.41 Å². The smallest absolute Gasteiger partial charge is 0.310 e. The van der Waals surface area contributed by atoms with Gasteiger partial charge in [0.25, 0.3) is 0 Å². The number of aliphatic carboxylic acids is 1. The van der Waals surface area contributed by atoms with Gasteiger partial charge in [0, 0.05) is 0 Å². The molecule has 18 heavy (non-hydrogen) atoms. The van der Waals surface area contributed by atoms with Crippen molar-refractivity contribution in [3.8, 4) is 0 Å². The minimum absolute atomic E-state index is 0. The van der Waals surface area contributed by atoms with Gasteiger partial charge in [-0.15, -0.1) is 12.4 Å². The number of piperidine rings is 1. The number of hydrogen-bond donors (Lipinski definition) is 1. The minimum Gasteiger partial charge on any atom is -0.481 e. The lowest BCUT2D eigenvalue weighted by atomic mass is 9.74. The number of nitrogens with zero attached hydrogens (tertiary/aromatic N) is 1. The normalized spacial score (nSPS) is 18.9. The third-order valence-corrected chi connectivity index (χ3v) is 3.78. The Morgan fingerprint density at radius 2 is 1.83 bits per heavy atom. The third-order valence-electron chi connectivity index (χ3n) is 3.78. The largest absolute Gasteiger partial charge is 0.481 e. The minimum atomic E-state index is -0.644. The topological polar surface area (TPSA) is 40.5 Å². The van der Waals surface area contributed by atoms with Crippen LogP contribution in [0.25, 0.3) is 0 Å². The van der Waals surface area contributed by atoms with Crippen LogP contribution in [0.2, 0.25) is 0 Å². The molecule has 0 bridgehead atoms. The molecule has 3 nitrogen and oxygen atoms in total. The van der Waals surface area contributed by atoms with Gasteiger partial charge in [-0.05, 0) is 45.0 Å². The monoisotopic (exact) mass is 269 g/mol. The van der Waals surface area contributed by atoms with Gasteiger partial charge in [0.05, 0.1) is 5.41 Å². The van der Waals surface area contributed by atoms with E-state index in [1.54, 1.807) is 0 Å². The fourth-order valence-corrected chi connectivity index (χ4v) is 2.50. The Morgan fingerprint density at radius 3 is 2.33 bits per heavy atom. The summed E-state index contributed by atoms with van der Waals surface area (Å²) >= 11 is 0. The van der Waals surface area contributed by atoms with Crippen molar-refractivity contribution in [2.45, 2.75) is 19.3 Å². The van der Waals surface area contributed by atoms with E-state index in [0.29, 0.717) is 6.42 Å².